The van der Waals surface area contributed by atoms with Crippen molar-refractivity contribution in [3.8, 4) is 0 Å². The SMILES string of the molecule is Cn1nnc(Br)c1C(=O)N1CC(CBr)C1. The summed E-state index contributed by atoms with van der Waals surface area (Å²) >= 11 is 6.62. The van der Waals surface area contributed by atoms with E-state index >= 15 is 0 Å². The molecule has 0 unspecified atom stereocenters. The van der Waals surface area contributed by atoms with Crippen LogP contribution in [0.5, 0.6) is 0 Å². The van der Waals surface area contributed by atoms with E-state index in [-0.39, 0.29) is 5.91 Å². The van der Waals surface area contributed by atoms with Crippen molar-refractivity contribution in [1.29, 1.82) is 0 Å². The molecule has 0 bridgehead atoms. The van der Waals surface area contributed by atoms with Crippen molar-refractivity contribution >= 4 is 37.8 Å². The number of alkyl halides is 1. The van der Waals surface area contributed by atoms with E-state index in [2.05, 4.69) is 42.2 Å². The molecule has 7 heteroatoms. The molecule has 1 aromatic heterocycles. The zero-order valence-electron chi connectivity index (χ0n) is 8.15. The smallest absolute Gasteiger partial charge is 0.275 e. The van der Waals surface area contributed by atoms with Gasteiger partial charge in [-0.2, -0.15) is 0 Å². The molecule has 1 fully saturated rings. The Labute approximate surface area is 104 Å². The number of amides is 1. The molecule has 0 aromatic carbocycles. The summed E-state index contributed by atoms with van der Waals surface area (Å²) in [5.74, 6) is 0.570. The molecule has 15 heavy (non-hydrogen) atoms. The van der Waals surface area contributed by atoms with Crippen molar-refractivity contribution in [2.45, 2.75) is 0 Å². The first-order chi connectivity index (χ1) is 7.13. The normalized spacial score (nSPS) is 16.6. The number of nitrogens with zero attached hydrogens (tertiary/aromatic N) is 4. The second-order valence-electron chi connectivity index (χ2n) is 3.58. The van der Waals surface area contributed by atoms with Gasteiger partial charge in [-0.3, -0.25) is 4.79 Å². The molecule has 0 atom stereocenters. The van der Waals surface area contributed by atoms with Gasteiger partial charge in [0.2, 0.25) is 0 Å². The molecule has 0 saturated carbocycles. The van der Waals surface area contributed by atoms with E-state index in [0.29, 0.717) is 16.2 Å². The van der Waals surface area contributed by atoms with Gasteiger partial charge in [-0.25, -0.2) is 4.68 Å². The molecule has 1 aliphatic rings. The third-order valence-electron chi connectivity index (χ3n) is 2.45. The van der Waals surface area contributed by atoms with Gasteiger partial charge in [0.25, 0.3) is 5.91 Å². The Hall–Kier alpha value is -0.430. The second kappa shape index (κ2) is 4.21. The van der Waals surface area contributed by atoms with Gasteiger partial charge in [-0.1, -0.05) is 21.1 Å². The number of carbonyl (C=O) groups excluding carboxylic acids is 1. The first kappa shape index (κ1) is 11.1. The van der Waals surface area contributed by atoms with Gasteiger partial charge >= 0.3 is 0 Å². The van der Waals surface area contributed by atoms with Crippen molar-refractivity contribution in [3.63, 3.8) is 0 Å². The van der Waals surface area contributed by atoms with Gasteiger partial charge in [0.05, 0.1) is 0 Å². The number of halogens is 2. The Balaban J connectivity index is 2.10. The number of hydrogen-bond acceptors (Lipinski definition) is 3. The maximum Gasteiger partial charge on any atom is 0.275 e. The predicted molar refractivity (Wildman–Crippen MR) is 61.9 cm³/mol. The monoisotopic (exact) mass is 336 g/mol. The fraction of sp³-hybridized carbons (Fsp3) is 0.625. The quantitative estimate of drug-likeness (QED) is 0.758. The van der Waals surface area contributed by atoms with E-state index in [1.807, 2.05) is 0 Å². The van der Waals surface area contributed by atoms with Crippen LogP contribution in [0.3, 0.4) is 0 Å². The number of carbonyl (C=O) groups is 1. The van der Waals surface area contributed by atoms with E-state index < -0.39 is 0 Å². The lowest BCUT2D eigenvalue weighted by Crippen LogP contribution is -2.51. The van der Waals surface area contributed by atoms with Crippen LogP contribution in [0.2, 0.25) is 0 Å². The minimum absolute atomic E-state index is 0.00780. The minimum atomic E-state index is -0.00780. The predicted octanol–water partition coefficient (Wildman–Crippen LogP) is 1.04. The molecule has 5 nitrogen and oxygen atoms in total. The number of aryl methyl sites for hydroxylation is 1. The van der Waals surface area contributed by atoms with E-state index in [4.69, 9.17) is 0 Å². The molecule has 0 spiro atoms. The van der Waals surface area contributed by atoms with Crippen molar-refractivity contribution < 1.29 is 4.79 Å². The van der Waals surface area contributed by atoms with Gasteiger partial charge in [0.1, 0.15) is 0 Å². The maximum atomic E-state index is 12.0. The molecule has 2 heterocycles. The Morgan fingerprint density at radius 1 is 1.60 bits per heavy atom. The Bertz CT molecular complexity index is 366. The zero-order chi connectivity index (χ0) is 11.0. The lowest BCUT2D eigenvalue weighted by Gasteiger charge is -2.38. The number of rotatable bonds is 2. The molecule has 1 aromatic rings. The highest BCUT2D eigenvalue weighted by Crippen LogP contribution is 2.22. The molecule has 1 saturated heterocycles. The summed E-state index contributed by atoms with van der Waals surface area (Å²) in [6.45, 7) is 1.61. The van der Waals surface area contributed by atoms with Crippen LogP contribution in [-0.2, 0) is 7.05 Å². The van der Waals surface area contributed by atoms with Crippen LogP contribution in [0.15, 0.2) is 4.60 Å². The van der Waals surface area contributed by atoms with Crippen LogP contribution >= 0.6 is 31.9 Å². The highest BCUT2D eigenvalue weighted by molar-refractivity contribution is 9.10. The van der Waals surface area contributed by atoms with Gasteiger partial charge < -0.3 is 4.90 Å². The van der Waals surface area contributed by atoms with Gasteiger partial charge in [-0.05, 0) is 15.9 Å². The van der Waals surface area contributed by atoms with E-state index in [9.17, 15) is 4.79 Å². The second-order valence-corrected chi connectivity index (χ2v) is 4.98. The molecule has 0 radical (unpaired) electrons. The third kappa shape index (κ3) is 1.94. The molecular formula is C8H10Br2N4O. The highest BCUT2D eigenvalue weighted by atomic mass is 79.9. The number of hydrogen-bond donors (Lipinski definition) is 0. The van der Waals surface area contributed by atoms with Crippen molar-refractivity contribution in [2.24, 2.45) is 13.0 Å². The first-order valence-corrected chi connectivity index (χ1v) is 6.45. The summed E-state index contributed by atoms with van der Waals surface area (Å²) in [4.78, 5) is 13.8. The molecule has 2 rings (SSSR count). The number of likely N-dealkylation sites (tertiary alicyclic amines) is 1. The molecule has 0 N–H and O–H groups in total. The topological polar surface area (TPSA) is 51.0 Å². The van der Waals surface area contributed by atoms with Crippen molar-refractivity contribution in [2.75, 3.05) is 18.4 Å². The van der Waals surface area contributed by atoms with E-state index in [1.54, 1.807) is 11.9 Å². The summed E-state index contributed by atoms with van der Waals surface area (Å²) < 4.78 is 2.01. The average Bonchev–Trinajstić information content (AvgIpc) is 2.44. The summed E-state index contributed by atoms with van der Waals surface area (Å²) in [7, 11) is 1.72. The minimum Gasteiger partial charge on any atom is -0.336 e. The fourth-order valence-electron chi connectivity index (χ4n) is 1.54. The van der Waals surface area contributed by atoms with Crippen molar-refractivity contribution in [1.82, 2.24) is 19.9 Å². The largest absolute Gasteiger partial charge is 0.336 e. The van der Waals surface area contributed by atoms with Crippen molar-refractivity contribution in [3.05, 3.63) is 10.3 Å². The van der Waals surface area contributed by atoms with Crippen LogP contribution in [0.4, 0.5) is 0 Å². The van der Waals surface area contributed by atoms with Crippen LogP contribution in [0.25, 0.3) is 0 Å². The van der Waals surface area contributed by atoms with Gasteiger partial charge in [0, 0.05) is 31.4 Å². The van der Waals surface area contributed by atoms with E-state index in [1.165, 1.54) is 4.68 Å². The van der Waals surface area contributed by atoms with Crippen LogP contribution in [-0.4, -0.2) is 44.2 Å². The zero-order valence-corrected chi connectivity index (χ0v) is 11.3. The molecule has 0 aliphatic carbocycles. The van der Waals surface area contributed by atoms with E-state index in [0.717, 1.165) is 18.4 Å². The summed E-state index contributed by atoms with van der Waals surface area (Å²) in [5, 5.41) is 8.52. The number of aromatic nitrogens is 3. The van der Waals surface area contributed by atoms with Crippen LogP contribution in [0.1, 0.15) is 10.5 Å². The molecule has 1 amide bonds. The van der Waals surface area contributed by atoms with Crippen LogP contribution in [0, 0.1) is 5.92 Å². The molecule has 82 valence electrons. The summed E-state index contributed by atoms with van der Waals surface area (Å²) in [5.41, 5.74) is 0.517. The third-order valence-corrected chi connectivity index (χ3v) is 3.90. The Morgan fingerprint density at radius 2 is 2.27 bits per heavy atom. The molecular weight excluding hydrogens is 328 g/mol. The standard InChI is InChI=1S/C8H10Br2N4O/c1-13-6(7(10)11-12-13)8(15)14-3-5(2-9)4-14/h5H,2-4H2,1H3. The summed E-state index contributed by atoms with van der Waals surface area (Å²) in [6, 6.07) is 0. The Kier molecular flexibility index (Phi) is 3.11. The van der Waals surface area contributed by atoms with Crippen LogP contribution < -0.4 is 0 Å². The highest BCUT2D eigenvalue weighted by Gasteiger charge is 2.33. The average molecular weight is 338 g/mol. The Morgan fingerprint density at radius 3 is 2.73 bits per heavy atom. The maximum absolute atomic E-state index is 12.0. The fourth-order valence-corrected chi connectivity index (χ4v) is 2.45. The lowest BCUT2D eigenvalue weighted by atomic mass is 10.0. The summed E-state index contributed by atoms with van der Waals surface area (Å²) in [6.07, 6.45) is 0. The first-order valence-electron chi connectivity index (χ1n) is 4.54. The van der Waals surface area contributed by atoms with Gasteiger partial charge in [-0.15, -0.1) is 5.10 Å². The lowest BCUT2D eigenvalue weighted by molar-refractivity contribution is 0.0526. The molecule has 1 aliphatic heterocycles. The van der Waals surface area contributed by atoms with Gasteiger partial charge in [0.15, 0.2) is 10.3 Å².